The Labute approximate surface area is 140 Å². The number of hydrogen-bond donors (Lipinski definition) is 2. The number of carbonyl (C=O) groups is 2. The predicted octanol–water partition coefficient (Wildman–Crippen LogP) is 3.11. The summed E-state index contributed by atoms with van der Waals surface area (Å²) in [5.41, 5.74) is 2.66. The van der Waals surface area contributed by atoms with Crippen molar-refractivity contribution in [3.05, 3.63) is 54.5 Å². The average Bonchev–Trinajstić information content (AvgIpc) is 3.40. The SMILES string of the molecule is C=C(C)c1ccncc1NC(=O)c1ccnc(NC(=O)C2CC2)c1. The van der Waals surface area contributed by atoms with Gasteiger partial charge in [-0.2, -0.15) is 0 Å². The molecule has 1 saturated carbocycles. The lowest BCUT2D eigenvalue weighted by Crippen LogP contribution is -2.17. The average molecular weight is 322 g/mol. The second kappa shape index (κ2) is 6.62. The van der Waals surface area contributed by atoms with Crippen LogP contribution in [-0.4, -0.2) is 21.8 Å². The standard InChI is InChI=1S/C18H18N4O2/c1-11(2)14-6-7-19-10-15(14)21-18(24)13-5-8-20-16(9-13)22-17(23)12-3-4-12/h5-10,12H,1,3-4H2,2H3,(H,21,24)(H,20,22,23). The Morgan fingerprint density at radius 3 is 2.71 bits per heavy atom. The number of aromatic nitrogens is 2. The van der Waals surface area contributed by atoms with Crippen molar-refractivity contribution < 1.29 is 9.59 Å². The number of pyridine rings is 2. The van der Waals surface area contributed by atoms with Crippen molar-refractivity contribution in [2.75, 3.05) is 10.6 Å². The number of amides is 2. The zero-order valence-electron chi connectivity index (χ0n) is 13.4. The van der Waals surface area contributed by atoms with Crippen LogP contribution < -0.4 is 10.6 Å². The topological polar surface area (TPSA) is 84.0 Å². The first-order valence-corrected chi connectivity index (χ1v) is 7.73. The van der Waals surface area contributed by atoms with Gasteiger partial charge in [0.1, 0.15) is 5.82 Å². The maximum Gasteiger partial charge on any atom is 0.255 e. The smallest absolute Gasteiger partial charge is 0.255 e. The first kappa shape index (κ1) is 15.9. The molecule has 2 heterocycles. The Morgan fingerprint density at radius 1 is 1.21 bits per heavy atom. The highest BCUT2D eigenvalue weighted by molar-refractivity contribution is 6.06. The molecule has 0 radical (unpaired) electrons. The molecule has 0 aromatic carbocycles. The van der Waals surface area contributed by atoms with Crippen LogP contribution in [0.4, 0.5) is 11.5 Å². The highest BCUT2D eigenvalue weighted by Crippen LogP contribution is 2.30. The fourth-order valence-electron chi connectivity index (χ4n) is 2.27. The Kier molecular flexibility index (Phi) is 4.37. The van der Waals surface area contributed by atoms with Crippen molar-refractivity contribution in [1.29, 1.82) is 0 Å². The Balaban J connectivity index is 1.75. The number of hydrogen-bond acceptors (Lipinski definition) is 4. The van der Waals surface area contributed by atoms with Gasteiger partial charge < -0.3 is 10.6 Å². The third-order valence-electron chi connectivity index (χ3n) is 3.75. The molecule has 0 unspecified atom stereocenters. The lowest BCUT2D eigenvalue weighted by molar-refractivity contribution is -0.117. The summed E-state index contributed by atoms with van der Waals surface area (Å²) < 4.78 is 0. The molecular weight excluding hydrogens is 304 g/mol. The third-order valence-corrected chi connectivity index (χ3v) is 3.75. The minimum Gasteiger partial charge on any atom is -0.320 e. The van der Waals surface area contributed by atoms with Gasteiger partial charge in [0.15, 0.2) is 0 Å². The second-order valence-corrected chi connectivity index (χ2v) is 5.85. The molecule has 2 N–H and O–H groups in total. The monoisotopic (exact) mass is 322 g/mol. The van der Waals surface area contributed by atoms with Gasteiger partial charge in [0, 0.05) is 29.4 Å². The van der Waals surface area contributed by atoms with Gasteiger partial charge in [-0.05, 0) is 43.5 Å². The molecule has 0 saturated heterocycles. The molecule has 0 bridgehead atoms. The molecule has 6 nitrogen and oxygen atoms in total. The summed E-state index contributed by atoms with van der Waals surface area (Å²) in [6.45, 7) is 5.76. The molecule has 2 aromatic rings. The van der Waals surface area contributed by atoms with Crippen molar-refractivity contribution in [2.45, 2.75) is 19.8 Å². The first-order chi connectivity index (χ1) is 11.5. The molecule has 0 spiro atoms. The summed E-state index contributed by atoms with van der Waals surface area (Å²) in [6, 6.07) is 4.96. The van der Waals surface area contributed by atoms with Crippen molar-refractivity contribution in [1.82, 2.24) is 9.97 Å². The maximum absolute atomic E-state index is 12.5. The van der Waals surface area contributed by atoms with Crippen LogP contribution in [0.1, 0.15) is 35.7 Å². The van der Waals surface area contributed by atoms with Crippen LogP contribution in [0, 0.1) is 5.92 Å². The van der Waals surface area contributed by atoms with Gasteiger partial charge in [0.2, 0.25) is 5.91 Å². The second-order valence-electron chi connectivity index (χ2n) is 5.85. The highest BCUT2D eigenvalue weighted by Gasteiger charge is 2.29. The van der Waals surface area contributed by atoms with E-state index >= 15 is 0 Å². The van der Waals surface area contributed by atoms with E-state index in [1.54, 1.807) is 30.6 Å². The number of nitrogens with zero attached hydrogens (tertiary/aromatic N) is 2. The van der Waals surface area contributed by atoms with Crippen molar-refractivity contribution in [2.24, 2.45) is 5.92 Å². The van der Waals surface area contributed by atoms with E-state index in [0.29, 0.717) is 17.1 Å². The van der Waals surface area contributed by atoms with Crippen molar-refractivity contribution in [3.8, 4) is 0 Å². The largest absolute Gasteiger partial charge is 0.320 e. The van der Waals surface area contributed by atoms with Gasteiger partial charge in [0.25, 0.3) is 5.91 Å². The summed E-state index contributed by atoms with van der Waals surface area (Å²) in [7, 11) is 0. The van der Waals surface area contributed by atoms with Crippen LogP contribution in [0.25, 0.3) is 5.57 Å². The van der Waals surface area contributed by atoms with Crippen molar-refractivity contribution in [3.63, 3.8) is 0 Å². The van der Waals surface area contributed by atoms with Gasteiger partial charge in [-0.25, -0.2) is 4.98 Å². The van der Waals surface area contributed by atoms with Crippen LogP contribution in [0.2, 0.25) is 0 Å². The number of nitrogens with one attached hydrogen (secondary N) is 2. The molecule has 1 fully saturated rings. The summed E-state index contributed by atoms with van der Waals surface area (Å²) >= 11 is 0. The molecular formula is C18H18N4O2. The lowest BCUT2D eigenvalue weighted by Gasteiger charge is -2.11. The molecule has 24 heavy (non-hydrogen) atoms. The molecule has 1 aliphatic carbocycles. The summed E-state index contributed by atoms with van der Waals surface area (Å²) in [5.74, 6) is 0.121. The van der Waals surface area contributed by atoms with Gasteiger partial charge in [-0.1, -0.05) is 6.58 Å². The predicted molar refractivity (Wildman–Crippen MR) is 92.5 cm³/mol. The Bertz CT molecular complexity index is 812. The molecule has 0 aliphatic heterocycles. The fraction of sp³-hybridized carbons (Fsp3) is 0.222. The van der Waals surface area contributed by atoms with Gasteiger partial charge >= 0.3 is 0 Å². The van der Waals surface area contributed by atoms with E-state index in [0.717, 1.165) is 24.0 Å². The maximum atomic E-state index is 12.5. The Hall–Kier alpha value is -3.02. The van der Waals surface area contributed by atoms with Crippen LogP contribution in [-0.2, 0) is 4.79 Å². The number of allylic oxidation sites excluding steroid dienone is 1. The van der Waals surface area contributed by atoms with Crippen molar-refractivity contribution >= 4 is 28.9 Å². The molecule has 0 atom stereocenters. The minimum absolute atomic E-state index is 0.0446. The molecule has 1 aliphatic rings. The highest BCUT2D eigenvalue weighted by atomic mass is 16.2. The van der Waals surface area contributed by atoms with E-state index in [4.69, 9.17) is 0 Å². The zero-order valence-corrected chi connectivity index (χ0v) is 13.4. The van der Waals surface area contributed by atoms with E-state index in [-0.39, 0.29) is 17.7 Å². The number of anilines is 2. The summed E-state index contributed by atoms with van der Waals surface area (Å²) in [6.07, 6.45) is 6.56. The van der Waals surface area contributed by atoms with Crippen LogP contribution in [0.5, 0.6) is 0 Å². The number of carbonyl (C=O) groups excluding carboxylic acids is 2. The zero-order chi connectivity index (χ0) is 17.1. The third kappa shape index (κ3) is 3.65. The molecule has 2 amide bonds. The van der Waals surface area contributed by atoms with E-state index in [2.05, 4.69) is 27.2 Å². The van der Waals surface area contributed by atoms with Gasteiger partial charge in [-0.15, -0.1) is 0 Å². The van der Waals surface area contributed by atoms with E-state index in [9.17, 15) is 9.59 Å². The fourth-order valence-corrected chi connectivity index (χ4v) is 2.27. The molecule has 3 rings (SSSR count). The minimum atomic E-state index is -0.296. The quantitative estimate of drug-likeness (QED) is 0.886. The molecule has 122 valence electrons. The van der Waals surface area contributed by atoms with E-state index in [1.165, 1.54) is 6.20 Å². The Morgan fingerprint density at radius 2 is 2.00 bits per heavy atom. The molecule has 2 aromatic heterocycles. The van der Waals surface area contributed by atoms with Gasteiger partial charge in [-0.3, -0.25) is 14.6 Å². The summed E-state index contributed by atoms with van der Waals surface area (Å²) in [4.78, 5) is 32.4. The van der Waals surface area contributed by atoms with E-state index < -0.39 is 0 Å². The summed E-state index contributed by atoms with van der Waals surface area (Å²) in [5, 5.41) is 5.56. The normalized spacial score (nSPS) is 13.2. The lowest BCUT2D eigenvalue weighted by atomic mass is 10.1. The first-order valence-electron chi connectivity index (χ1n) is 7.73. The van der Waals surface area contributed by atoms with Crippen LogP contribution in [0.3, 0.4) is 0 Å². The van der Waals surface area contributed by atoms with Crippen LogP contribution >= 0.6 is 0 Å². The van der Waals surface area contributed by atoms with Crippen LogP contribution in [0.15, 0.2) is 43.4 Å². The van der Waals surface area contributed by atoms with Gasteiger partial charge in [0.05, 0.1) is 11.9 Å². The molecule has 6 heteroatoms. The van der Waals surface area contributed by atoms with E-state index in [1.807, 2.05) is 6.92 Å². The number of rotatable bonds is 5.